The van der Waals surface area contributed by atoms with Gasteiger partial charge in [0.1, 0.15) is 0 Å². The van der Waals surface area contributed by atoms with Gasteiger partial charge in [0.05, 0.1) is 12.2 Å². The summed E-state index contributed by atoms with van der Waals surface area (Å²) in [5, 5.41) is 9.18. The van der Waals surface area contributed by atoms with Gasteiger partial charge in [-0.2, -0.15) is 13.2 Å². The molecule has 29 heavy (non-hydrogen) atoms. The Balaban J connectivity index is 1.70. The van der Waals surface area contributed by atoms with E-state index in [0.717, 1.165) is 12.0 Å². The molecule has 1 nitrogen and oxygen atoms in total. The number of rotatable bonds is 7. The Bertz CT molecular complexity index is 772. The molecule has 4 heteroatoms. The highest BCUT2D eigenvalue weighted by Gasteiger charge is 2.34. The van der Waals surface area contributed by atoms with E-state index < -0.39 is 18.3 Å². The zero-order valence-corrected chi connectivity index (χ0v) is 17.1. The van der Waals surface area contributed by atoms with Crippen molar-refractivity contribution < 1.29 is 18.3 Å². The Labute approximate surface area is 172 Å². The first kappa shape index (κ1) is 21.9. The Morgan fingerprint density at radius 1 is 0.931 bits per heavy atom. The molecule has 1 saturated carbocycles. The maximum atomic E-state index is 13.5. The lowest BCUT2D eigenvalue weighted by Crippen LogP contribution is -2.13. The van der Waals surface area contributed by atoms with Crippen LogP contribution in [-0.2, 0) is 12.8 Å². The predicted octanol–water partition coefficient (Wildman–Crippen LogP) is 7.72. The lowest BCUT2D eigenvalue weighted by atomic mass is 9.77. The molecule has 0 radical (unpaired) electrons. The molecule has 0 bridgehead atoms. The van der Waals surface area contributed by atoms with Crippen LogP contribution in [0.4, 0.5) is 13.2 Å². The minimum Gasteiger partial charge on any atom is -0.392 e. The van der Waals surface area contributed by atoms with Crippen LogP contribution in [0.1, 0.15) is 80.9 Å². The van der Waals surface area contributed by atoms with E-state index in [4.69, 9.17) is 0 Å². The van der Waals surface area contributed by atoms with E-state index in [1.165, 1.54) is 63.0 Å². The molecule has 0 aromatic heterocycles. The third-order valence-electron chi connectivity index (χ3n) is 6.33. The van der Waals surface area contributed by atoms with Crippen molar-refractivity contribution in [2.24, 2.45) is 5.92 Å². The SMILES string of the molecule is CCCCCC1CCC(c2ccc(-c3ccc(CO)cc3C(F)(F)F)cc2)CC1. The molecule has 0 amide bonds. The summed E-state index contributed by atoms with van der Waals surface area (Å²) in [5.74, 6) is 1.36. The van der Waals surface area contributed by atoms with Gasteiger partial charge in [0.15, 0.2) is 0 Å². The fourth-order valence-electron chi connectivity index (χ4n) is 4.58. The fraction of sp³-hybridized carbons (Fsp3) is 0.520. The van der Waals surface area contributed by atoms with Crippen LogP contribution in [0, 0.1) is 5.92 Å². The van der Waals surface area contributed by atoms with Crippen molar-refractivity contribution in [2.75, 3.05) is 0 Å². The number of benzene rings is 2. The van der Waals surface area contributed by atoms with Gasteiger partial charge in [-0.25, -0.2) is 0 Å². The highest BCUT2D eigenvalue weighted by molar-refractivity contribution is 5.69. The molecule has 1 aliphatic carbocycles. The second-order valence-electron chi connectivity index (χ2n) is 8.37. The second kappa shape index (κ2) is 9.80. The molecule has 3 rings (SSSR count). The molecular weight excluding hydrogens is 373 g/mol. The maximum absolute atomic E-state index is 13.5. The molecule has 0 atom stereocenters. The molecule has 0 saturated heterocycles. The van der Waals surface area contributed by atoms with Gasteiger partial charge >= 0.3 is 6.18 Å². The summed E-state index contributed by atoms with van der Waals surface area (Å²) < 4.78 is 40.5. The van der Waals surface area contributed by atoms with Gasteiger partial charge in [-0.05, 0) is 65.8 Å². The van der Waals surface area contributed by atoms with Crippen LogP contribution in [0.25, 0.3) is 11.1 Å². The monoisotopic (exact) mass is 404 g/mol. The van der Waals surface area contributed by atoms with Crippen molar-refractivity contribution in [1.29, 1.82) is 0 Å². The van der Waals surface area contributed by atoms with Crippen LogP contribution < -0.4 is 0 Å². The predicted molar refractivity (Wildman–Crippen MR) is 112 cm³/mol. The van der Waals surface area contributed by atoms with Gasteiger partial charge in [-0.3, -0.25) is 0 Å². The van der Waals surface area contributed by atoms with Crippen molar-refractivity contribution >= 4 is 0 Å². The molecule has 0 spiro atoms. The Hall–Kier alpha value is -1.81. The molecule has 1 aliphatic rings. The van der Waals surface area contributed by atoms with E-state index >= 15 is 0 Å². The Morgan fingerprint density at radius 3 is 2.21 bits per heavy atom. The number of alkyl halides is 3. The van der Waals surface area contributed by atoms with Crippen LogP contribution in [0.2, 0.25) is 0 Å². The van der Waals surface area contributed by atoms with Crippen LogP contribution >= 0.6 is 0 Å². The smallest absolute Gasteiger partial charge is 0.392 e. The average molecular weight is 405 g/mol. The molecule has 2 aromatic rings. The van der Waals surface area contributed by atoms with Crippen LogP contribution in [0.5, 0.6) is 0 Å². The number of aliphatic hydroxyl groups is 1. The van der Waals surface area contributed by atoms with Crippen molar-refractivity contribution in [3.05, 3.63) is 59.2 Å². The van der Waals surface area contributed by atoms with Crippen LogP contribution in [0.15, 0.2) is 42.5 Å². The van der Waals surface area contributed by atoms with E-state index in [1.807, 2.05) is 24.3 Å². The molecule has 0 aliphatic heterocycles. The van der Waals surface area contributed by atoms with Gasteiger partial charge in [0.2, 0.25) is 0 Å². The number of hydrogen-bond donors (Lipinski definition) is 1. The lowest BCUT2D eigenvalue weighted by molar-refractivity contribution is -0.137. The van der Waals surface area contributed by atoms with Crippen molar-refractivity contribution in [3.8, 4) is 11.1 Å². The summed E-state index contributed by atoms with van der Waals surface area (Å²) in [7, 11) is 0. The summed E-state index contributed by atoms with van der Waals surface area (Å²) in [6.45, 7) is 1.84. The zero-order valence-electron chi connectivity index (χ0n) is 17.1. The number of unbranched alkanes of at least 4 members (excludes halogenated alkanes) is 2. The van der Waals surface area contributed by atoms with Gasteiger partial charge in [-0.15, -0.1) is 0 Å². The van der Waals surface area contributed by atoms with Gasteiger partial charge in [-0.1, -0.05) is 69.0 Å². The fourth-order valence-corrected chi connectivity index (χ4v) is 4.58. The molecule has 1 N–H and O–H groups in total. The third-order valence-corrected chi connectivity index (χ3v) is 6.33. The largest absolute Gasteiger partial charge is 0.417 e. The maximum Gasteiger partial charge on any atom is 0.417 e. The van der Waals surface area contributed by atoms with E-state index in [1.54, 1.807) is 6.07 Å². The number of aliphatic hydroxyl groups excluding tert-OH is 1. The average Bonchev–Trinajstić information content (AvgIpc) is 2.73. The second-order valence-corrected chi connectivity index (χ2v) is 8.37. The topological polar surface area (TPSA) is 20.2 Å². The molecule has 0 heterocycles. The van der Waals surface area contributed by atoms with Crippen molar-refractivity contribution in [1.82, 2.24) is 0 Å². The summed E-state index contributed by atoms with van der Waals surface area (Å²) >= 11 is 0. The molecule has 158 valence electrons. The van der Waals surface area contributed by atoms with E-state index in [2.05, 4.69) is 6.92 Å². The molecule has 2 aromatic carbocycles. The first-order valence-corrected chi connectivity index (χ1v) is 10.8. The van der Waals surface area contributed by atoms with Crippen LogP contribution in [-0.4, -0.2) is 5.11 Å². The van der Waals surface area contributed by atoms with E-state index in [0.29, 0.717) is 11.5 Å². The summed E-state index contributed by atoms with van der Waals surface area (Å²) in [6, 6.07) is 11.7. The van der Waals surface area contributed by atoms with Gasteiger partial charge in [0.25, 0.3) is 0 Å². The van der Waals surface area contributed by atoms with Gasteiger partial charge in [0, 0.05) is 0 Å². The first-order chi connectivity index (χ1) is 13.9. The minimum absolute atomic E-state index is 0.167. The first-order valence-electron chi connectivity index (χ1n) is 10.8. The molecular formula is C25H31F3O. The zero-order chi connectivity index (χ0) is 20.9. The normalized spacial score (nSPS) is 20.0. The van der Waals surface area contributed by atoms with Crippen LogP contribution in [0.3, 0.4) is 0 Å². The highest BCUT2D eigenvalue weighted by atomic mass is 19.4. The summed E-state index contributed by atoms with van der Waals surface area (Å²) in [6.07, 6.45) is 5.68. The minimum atomic E-state index is -4.45. The number of hydrogen-bond acceptors (Lipinski definition) is 1. The standard InChI is InChI=1S/C25H31F3O/c1-2-3-4-5-18-6-9-20(10-7-18)21-11-13-22(14-12-21)23-15-8-19(17-29)16-24(23)25(26,27)28/h8,11-16,18,20,29H,2-7,9-10,17H2,1H3. The molecule has 0 unspecified atom stereocenters. The van der Waals surface area contributed by atoms with E-state index in [9.17, 15) is 18.3 Å². The van der Waals surface area contributed by atoms with Crippen molar-refractivity contribution in [2.45, 2.75) is 77.0 Å². The highest BCUT2D eigenvalue weighted by Crippen LogP contribution is 2.40. The lowest BCUT2D eigenvalue weighted by Gasteiger charge is -2.29. The Morgan fingerprint density at radius 2 is 1.62 bits per heavy atom. The Kier molecular flexibility index (Phi) is 7.39. The van der Waals surface area contributed by atoms with E-state index in [-0.39, 0.29) is 11.1 Å². The number of halogens is 3. The summed E-state index contributed by atoms with van der Waals surface area (Å²) in [4.78, 5) is 0. The molecule has 1 fully saturated rings. The van der Waals surface area contributed by atoms with Crippen molar-refractivity contribution in [3.63, 3.8) is 0 Å². The van der Waals surface area contributed by atoms with Gasteiger partial charge < -0.3 is 5.11 Å². The third kappa shape index (κ3) is 5.63. The quantitative estimate of drug-likeness (QED) is 0.468. The summed E-state index contributed by atoms with van der Waals surface area (Å²) in [5.41, 5.74) is 1.55.